The fourth-order valence-electron chi connectivity index (χ4n) is 3.58. The summed E-state index contributed by atoms with van der Waals surface area (Å²) in [5, 5.41) is 10.7. The van der Waals surface area contributed by atoms with Crippen molar-refractivity contribution < 1.29 is 33.6 Å². The number of benzene rings is 2. The van der Waals surface area contributed by atoms with E-state index in [4.69, 9.17) is 23.7 Å². The molecule has 2 aromatic rings. The minimum atomic E-state index is -0.935. The van der Waals surface area contributed by atoms with Crippen molar-refractivity contribution in [1.29, 1.82) is 0 Å². The molecule has 0 aliphatic heterocycles. The first kappa shape index (κ1) is 20.5. The SMILES string of the molecule is COc1ccc(C2=C(c3cc(OC)c(OC)c(OC)c3)C(=O)CC2O)cc1OC. The molecular formula is C22H24O7. The molecule has 0 amide bonds. The van der Waals surface area contributed by atoms with E-state index in [0.29, 0.717) is 51.0 Å². The first-order valence-corrected chi connectivity index (χ1v) is 8.97. The number of rotatable bonds is 7. The first-order chi connectivity index (χ1) is 14.0. The van der Waals surface area contributed by atoms with Crippen LogP contribution in [-0.2, 0) is 4.79 Å². The molecule has 1 atom stereocenters. The lowest BCUT2D eigenvalue weighted by atomic mass is 9.95. The molecule has 0 aromatic heterocycles. The molecule has 1 unspecified atom stereocenters. The van der Waals surface area contributed by atoms with Crippen LogP contribution in [-0.4, -0.2) is 52.5 Å². The fraction of sp³-hybridized carbons (Fsp3) is 0.318. The van der Waals surface area contributed by atoms with E-state index in [-0.39, 0.29) is 12.2 Å². The molecule has 0 radical (unpaired) electrons. The second-order valence-corrected chi connectivity index (χ2v) is 6.42. The lowest BCUT2D eigenvalue weighted by Crippen LogP contribution is -2.05. The third-order valence-electron chi connectivity index (χ3n) is 4.91. The lowest BCUT2D eigenvalue weighted by Gasteiger charge is -2.16. The highest BCUT2D eigenvalue weighted by Gasteiger charge is 2.34. The maximum absolute atomic E-state index is 12.8. The van der Waals surface area contributed by atoms with Gasteiger partial charge < -0.3 is 28.8 Å². The van der Waals surface area contributed by atoms with E-state index >= 15 is 0 Å². The predicted molar refractivity (Wildman–Crippen MR) is 108 cm³/mol. The van der Waals surface area contributed by atoms with Crippen LogP contribution >= 0.6 is 0 Å². The highest BCUT2D eigenvalue weighted by Crippen LogP contribution is 2.45. The van der Waals surface area contributed by atoms with E-state index in [2.05, 4.69) is 0 Å². The van der Waals surface area contributed by atoms with Gasteiger partial charge in [-0.2, -0.15) is 0 Å². The Morgan fingerprint density at radius 2 is 1.31 bits per heavy atom. The highest BCUT2D eigenvalue weighted by molar-refractivity contribution is 6.32. The molecule has 0 saturated heterocycles. The normalized spacial score (nSPS) is 16.1. The van der Waals surface area contributed by atoms with Crippen molar-refractivity contribution in [2.24, 2.45) is 0 Å². The van der Waals surface area contributed by atoms with Crippen molar-refractivity contribution in [2.45, 2.75) is 12.5 Å². The van der Waals surface area contributed by atoms with E-state index in [1.54, 1.807) is 37.4 Å². The monoisotopic (exact) mass is 400 g/mol. The number of carbonyl (C=O) groups is 1. The van der Waals surface area contributed by atoms with Gasteiger partial charge in [0.1, 0.15) is 0 Å². The van der Waals surface area contributed by atoms with Crippen LogP contribution in [0, 0.1) is 0 Å². The van der Waals surface area contributed by atoms with Crippen molar-refractivity contribution in [2.75, 3.05) is 35.5 Å². The van der Waals surface area contributed by atoms with Crippen LogP contribution < -0.4 is 23.7 Å². The first-order valence-electron chi connectivity index (χ1n) is 8.97. The summed E-state index contributed by atoms with van der Waals surface area (Å²) in [6, 6.07) is 8.68. The smallest absolute Gasteiger partial charge is 0.203 e. The van der Waals surface area contributed by atoms with E-state index in [9.17, 15) is 9.90 Å². The average Bonchev–Trinajstić information content (AvgIpc) is 3.05. The van der Waals surface area contributed by atoms with E-state index < -0.39 is 6.10 Å². The van der Waals surface area contributed by atoms with Crippen LogP contribution in [0.4, 0.5) is 0 Å². The minimum Gasteiger partial charge on any atom is -0.493 e. The summed E-state index contributed by atoms with van der Waals surface area (Å²) >= 11 is 0. The third-order valence-corrected chi connectivity index (χ3v) is 4.91. The molecule has 29 heavy (non-hydrogen) atoms. The Morgan fingerprint density at radius 3 is 1.83 bits per heavy atom. The molecule has 1 N–H and O–H groups in total. The van der Waals surface area contributed by atoms with Gasteiger partial charge in [0.15, 0.2) is 28.8 Å². The average molecular weight is 400 g/mol. The summed E-state index contributed by atoms with van der Waals surface area (Å²) in [4.78, 5) is 12.8. The number of ether oxygens (including phenoxy) is 5. The topological polar surface area (TPSA) is 83.5 Å². The second-order valence-electron chi connectivity index (χ2n) is 6.42. The molecule has 7 heteroatoms. The molecule has 0 fully saturated rings. The number of methoxy groups -OCH3 is 5. The number of allylic oxidation sites excluding steroid dienone is 1. The van der Waals surface area contributed by atoms with Gasteiger partial charge in [-0.25, -0.2) is 0 Å². The molecule has 0 bridgehead atoms. The Morgan fingerprint density at radius 1 is 0.759 bits per heavy atom. The molecule has 0 saturated carbocycles. The summed E-state index contributed by atoms with van der Waals surface area (Å²) in [7, 11) is 7.61. The van der Waals surface area contributed by atoms with Crippen molar-refractivity contribution in [3.8, 4) is 28.7 Å². The van der Waals surface area contributed by atoms with Crippen LogP contribution in [0.2, 0.25) is 0 Å². The molecule has 0 heterocycles. The van der Waals surface area contributed by atoms with E-state index in [0.717, 1.165) is 0 Å². The van der Waals surface area contributed by atoms with Gasteiger partial charge in [0.2, 0.25) is 5.75 Å². The van der Waals surface area contributed by atoms with Gasteiger partial charge in [-0.15, -0.1) is 0 Å². The number of carbonyl (C=O) groups excluding carboxylic acids is 1. The number of Topliss-reactive ketones (excluding diaryl/α,β-unsaturated/α-hetero) is 1. The quantitative estimate of drug-likeness (QED) is 0.765. The van der Waals surface area contributed by atoms with Crippen LogP contribution in [0.15, 0.2) is 30.3 Å². The summed E-state index contributed by atoms with van der Waals surface area (Å²) in [5.41, 5.74) is 2.17. The van der Waals surface area contributed by atoms with Gasteiger partial charge in [0.05, 0.1) is 41.7 Å². The maximum Gasteiger partial charge on any atom is 0.203 e. The van der Waals surface area contributed by atoms with Crippen LogP contribution in [0.3, 0.4) is 0 Å². The van der Waals surface area contributed by atoms with Gasteiger partial charge in [0, 0.05) is 12.0 Å². The maximum atomic E-state index is 12.8. The highest BCUT2D eigenvalue weighted by atomic mass is 16.5. The van der Waals surface area contributed by atoms with Crippen LogP contribution in [0.1, 0.15) is 17.5 Å². The number of aliphatic hydroxyl groups excluding tert-OH is 1. The largest absolute Gasteiger partial charge is 0.493 e. The van der Waals surface area contributed by atoms with Gasteiger partial charge in [-0.1, -0.05) is 6.07 Å². The third kappa shape index (κ3) is 3.61. The standard InChI is InChI=1S/C22H24O7/c1-25-16-7-6-12(8-17(16)26-2)20-14(23)11-15(24)21(20)13-9-18(27-3)22(29-5)19(10-13)28-4/h6-10,14,23H,11H2,1-5H3. The summed E-state index contributed by atoms with van der Waals surface area (Å²) in [5.74, 6) is 2.18. The minimum absolute atomic E-state index is 0.00429. The van der Waals surface area contributed by atoms with Crippen molar-refractivity contribution in [1.82, 2.24) is 0 Å². The molecule has 1 aliphatic carbocycles. The molecule has 1 aliphatic rings. The number of hydrogen-bond acceptors (Lipinski definition) is 7. The Balaban J connectivity index is 2.25. The summed E-state index contributed by atoms with van der Waals surface area (Å²) < 4.78 is 26.8. The number of hydrogen-bond donors (Lipinski definition) is 1. The fourth-order valence-corrected chi connectivity index (χ4v) is 3.58. The Bertz CT molecular complexity index is 937. The number of ketones is 1. The summed E-state index contributed by atoms with van der Waals surface area (Å²) in [6.07, 6.45) is -0.940. The van der Waals surface area contributed by atoms with E-state index in [1.165, 1.54) is 28.4 Å². The van der Waals surface area contributed by atoms with Crippen LogP contribution in [0.5, 0.6) is 28.7 Å². The predicted octanol–water partition coefficient (Wildman–Crippen LogP) is 2.97. The molecule has 3 rings (SSSR count). The van der Waals surface area contributed by atoms with Gasteiger partial charge in [-0.3, -0.25) is 4.79 Å². The van der Waals surface area contributed by atoms with E-state index in [1.807, 2.05) is 0 Å². The van der Waals surface area contributed by atoms with Crippen LogP contribution in [0.25, 0.3) is 11.1 Å². The molecule has 154 valence electrons. The zero-order chi connectivity index (χ0) is 21.1. The zero-order valence-corrected chi connectivity index (χ0v) is 17.1. The van der Waals surface area contributed by atoms with Crippen molar-refractivity contribution >= 4 is 16.9 Å². The molecular weight excluding hydrogens is 376 g/mol. The molecule has 0 spiro atoms. The Hall–Kier alpha value is -3.19. The van der Waals surface area contributed by atoms with Gasteiger partial charge in [0.25, 0.3) is 0 Å². The summed E-state index contributed by atoms with van der Waals surface area (Å²) in [6.45, 7) is 0. The van der Waals surface area contributed by atoms with Gasteiger partial charge in [-0.05, 0) is 41.0 Å². The van der Waals surface area contributed by atoms with Gasteiger partial charge >= 0.3 is 0 Å². The van der Waals surface area contributed by atoms with Crippen molar-refractivity contribution in [3.63, 3.8) is 0 Å². The lowest BCUT2D eigenvalue weighted by molar-refractivity contribution is -0.114. The Kier molecular flexibility index (Phi) is 5.98. The zero-order valence-electron chi connectivity index (χ0n) is 17.1. The molecule has 2 aromatic carbocycles. The number of aliphatic hydroxyl groups is 1. The Labute approximate surface area is 169 Å². The molecule has 7 nitrogen and oxygen atoms in total. The van der Waals surface area contributed by atoms with Crippen molar-refractivity contribution in [3.05, 3.63) is 41.5 Å². The second kappa shape index (κ2) is 8.45.